The number of rotatable bonds is 5. The molecule has 0 aliphatic rings. The van der Waals surface area contributed by atoms with Gasteiger partial charge >= 0.3 is 0 Å². The van der Waals surface area contributed by atoms with Crippen LogP contribution in [0.1, 0.15) is 6.42 Å². The van der Waals surface area contributed by atoms with Gasteiger partial charge in [0.1, 0.15) is 6.61 Å². The van der Waals surface area contributed by atoms with E-state index in [0.717, 1.165) is 0 Å². The summed E-state index contributed by atoms with van der Waals surface area (Å²) >= 11 is 0. The Labute approximate surface area is 66.3 Å². The molecule has 0 bridgehead atoms. The van der Waals surface area contributed by atoms with E-state index >= 15 is 0 Å². The average Bonchev–Trinajstić information content (AvgIpc) is 1.85. The van der Waals surface area contributed by atoms with Gasteiger partial charge in [-0.2, -0.15) is 8.42 Å². The van der Waals surface area contributed by atoms with Crippen molar-refractivity contribution in [2.75, 3.05) is 19.0 Å². The average molecular weight is 178 g/mol. The lowest BCUT2D eigenvalue weighted by Crippen LogP contribution is -2.07. The Balaban J connectivity index is 3.24. The highest BCUT2D eigenvalue weighted by atomic mass is 32.2. The fourth-order valence-electron chi connectivity index (χ4n) is 0.474. The third kappa shape index (κ3) is 9.43. The Morgan fingerprint density at radius 1 is 1.55 bits per heavy atom. The molecule has 0 saturated heterocycles. The lowest BCUT2D eigenvalue weighted by molar-refractivity contribution is 0.168. The molecule has 4 nitrogen and oxygen atoms in total. The van der Waals surface area contributed by atoms with Gasteiger partial charge in [0.05, 0.1) is 5.75 Å². The summed E-state index contributed by atoms with van der Waals surface area (Å²) in [7, 11) is -3.84. The minimum absolute atomic E-state index is 0.172. The Kier molecular flexibility index (Phi) is 4.86. The van der Waals surface area contributed by atoms with E-state index in [4.69, 9.17) is 15.7 Å². The van der Waals surface area contributed by atoms with Crippen molar-refractivity contribution in [3.05, 3.63) is 0 Å². The number of terminal acetylenes is 1. The summed E-state index contributed by atoms with van der Waals surface area (Å²) in [6.07, 6.45) is 5.12. The largest absolute Gasteiger partial charge is 0.369 e. The second-order valence-electron chi connectivity index (χ2n) is 1.90. The van der Waals surface area contributed by atoms with E-state index in [1.165, 1.54) is 0 Å². The minimum atomic E-state index is -3.84. The first kappa shape index (κ1) is 10.4. The molecule has 0 rings (SSSR count). The molecule has 0 aromatic carbocycles. The van der Waals surface area contributed by atoms with E-state index < -0.39 is 10.1 Å². The molecule has 11 heavy (non-hydrogen) atoms. The fourth-order valence-corrected chi connectivity index (χ4v) is 0.957. The van der Waals surface area contributed by atoms with Crippen LogP contribution in [0.2, 0.25) is 0 Å². The summed E-state index contributed by atoms with van der Waals surface area (Å²) in [5, 5.41) is 0. The van der Waals surface area contributed by atoms with Gasteiger partial charge in [-0.1, -0.05) is 5.92 Å². The topological polar surface area (TPSA) is 63.6 Å². The summed E-state index contributed by atoms with van der Waals surface area (Å²) in [6, 6.07) is 0. The predicted octanol–water partition coefficient (Wildman–Crippen LogP) is -0.0859. The molecule has 0 aliphatic carbocycles. The summed E-state index contributed by atoms with van der Waals surface area (Å²) in [6.45, 7) is 0.426. The smallest absolute Gasteiger partial charge is 0.264 e. The molecule has 5 heteroatoms. The highest BCUT2D eigenvalue weighted by molar-refractivity contribution is 7.85. The minimum Gasteiger partial charge on any atom is -0.369 e. The van der Waals surface area contributed by atoms with Crippen molar-refractivity contribution in [2.24, 2.45) is 0 Å². The van der Waals surface area contributed by atoms with E-state index in [0.29, 0.717) is 0 Å². The first-order chi connectivity index (χ1) is 5.06. The molecule has 0 radical (unpaired) electrons. The van der Waals surface area contributed by atoms with Crippen LogP contribution >= 0.6 is 0 Å². The SMILES string of the molecule is C#CCOCCCS(=O)(=O)O. The Hall–Kier alpha value is -0.570. The predicted molar refractivity (Wildman–Crippen MR) is 40.7 cm³/mol. The summed E-state index contributed by atoms with van der Waals surface area (Å²) in [4.78, 5) is 0. The second-order valence-corrected chi connectivity index (χ2v) is 3.47. The maximum absolute atomic E-state index is 10.1. The molecule has 0 amide bonds. The van der Waals surface area contributed by atoms with Crippen LogP contribution in [0.15, 0.2) is 0 Å². The van der Waals surface area contributed by atoms with Crippen molar-refractivity contribution < 1.29 is 17.7 Å². The van der Waals surface area contributed by atoms with Gasteiger partial charge in [0.2, 0.25) is 0 Å². The van der Waals surface area contributed by atoms with E-state index in [1.54, 1.807) is 0 Å². The number of hydrogen-bond donors (Lipinski definition) is 1. The molecule has 0 spiro atoms. The molecule has 1 N–H and O–H groups in total. The molecule has 0 heterocycles. The molecule has 0 saturated carbocycles. The summed E-state index contributed by atoms with van der Waals surface area (Å²) in [5.41, 5.74) is 0. The van der Waals surface area contributed by atoms with Gasteiger partial charge in [0, 0.05) is 6.61 Å². The number of hydrogen-bond acceptors (Lipinski definition) is 3. The molecule has 0 aromatic rings. The first-order valence-corrected chi connectivity index (χ1v) is 4.63. The standard InChI is InChI=1S/C6H10O4S/c1-2-4-10-5-3-6-11(7,8)9/h1H,3-6H2,(H,7,8,9). The Morgan fingerprint density at radius 2 is 2.18 bits per heavy atom. The lowest BCUT2D eigenvalue weighted by Gasteiger charge is -1.97. The maximum atomic E-state index is 10.1. The second kappa shape index (κ2) is 5.13. The maximum Gasteiger partial charge on any atom is 0.264 e. The molecule has 0 fully saturated rings. The van der Waals surface area contributed by atoms with Crippen molar-refractivity contribution in [1.29, 1.82) is 0 Å². The van der Waals surface area contributed by atoms with Crippen LogP contribution in [0.3, 0.4) is 0 Å². The lowest BCUT2D eigenvalue weighted by atomic mass is 10.5. The van der Waals surface area contributed by atoms with Crippen LogP contribution in [0, 0.1) is 12.3 Å². The first-order valence-electron chi connectivity index (χ1n) is 3.02. The molecule has 64 valence electrons. The van der Waals surface area contributed by atoms with Crippen molar-refractivity contribution in [3.63, 3.8) is 0 Å². The quantitative estimate of drug-likeness (QED) is 0.363. The fraction of sp³-hybridized carbons (Fsp3) is 0.667. The van der Waals surface area contributed by atoms with Gasteiger partial charge in [0.15, 0.2) is 0 Å². The van der Waals surface area contributed by atoms with Crippen LogP contribution in [0.25, 0.3) is 0 Å². The zero-order valence-corrected chi connectivity index (χ0v) is 6.80. The monoisotopic (exact) mass is 178 g/mol. The molecular formula is C6H10O4S. The van der Waals surface area contributed by atoms with Gasteiger partial charge in [0.25, 0.3) is 10.1 Å². The zero-order chi connectivity index (χ0) is 8.74. The number of ether oxygens (including phenoxy) is 1. The normalized spacial score (nSPS) is 10.9. The van der Waals surface area contributed by atoms with E-state index in [1.807, 2.05) is 0 Å². The third-order valence-electron chi connectivity index (χ3n) is 0.876. The van der Waals surface area contributed by atoms with Crippen molar-refractivity contribution in [3.8, 4) is 12.3 Å². The van der Waals surface area contributed by atoms with Crippen LogP contribution in [0.5, 0.6) is 0 Å². The molecule has 0 unspecified atom stereocenters. The highest BCUT2D eigenvalue weighted by Gasteiger charge is 2.02. The van der Waals surface area contributed by atoms with Crippen LogP contribution in [-0.2, 0) is 14.9 Å². The van der Waals surface area contributed by atoms with Gasteiger partial charge in [-0.25, -0.2) is 0 Å². The zero-order valence-electron chi connectivity index (χ0n) is 5.99. The van der Waals surface area contributed by atoms with Gasteiger partial charge in [-0.15, -0.1) is 6.42 Å². The Bertz CT molecular complexity index is 223. The molecule has 0 aliphatic heterocycles. The van der Waals surface area contributed by atoms with E-state index in [-0.39, 0.29) is 25.4 Å². The summed E-state index contributed by atoms with van der Waals surface area (Å²) < 4.78 is 33.3. The van der Waals surface area contributed by atoms with Gasteiger partial charge in [-0.05, 0) is 6.42 Å². The molecular weight excluding hydrogens is 168 g/mol. The highest BCUT2D eigenvalue weighted by Crippen LogP contribution is 1.88. The van der Waals surface area contributed by atoms with Gasteiger partial charge in [-0.3, -0.25) is 4.55 Å². The summed E-state index contributed by atoms with van der Waals surface area (Å²) in [5.74, 6) is 1.95. The molecule has 0 atom stereocenters. The van der Waals surface area contributed by atoms with Gasteiger partial charge < -0.3 is 4.74 Å². The van der Waals surface area contributed by atoms with Crippen LogP contribution < -0.4 is 0 Å². The third-order valence-corrected chi connectivity index (χ3v) is 1.68. The van der Waals surface area contributed by atoms with Crippen molar-refractivity contribution >= 4 is 10.1 Å². The van der Waals surface area contributed by atoms with Crippen LogP contribution in [0.4, 0.5) is 0 Å². The van der Waals surface area contributed by atoms with Crippen molar-refractivity contribution in [2.45, 2.75) is 6.42 Å². The molecule has 0 aromatic heterocycles. The van der Waals surface area contributed by atoms with Crippen LogP contribution in [-0.4, -0.2) is 31.9 Å². The van der Waals surface area contributed by atoms with E-state index in [2.05, 4.69) is 5.92 Å². The Morgan fingerprint density at radius 3 is 2.64 bits per heavy atom. The van der Waals surface area contributed by atoms with E-state index in [9.17, 15) is 8.42 Å². The van der Waals surface area contributed by atoms with Crippen molar-refractivity contribution in [1.82, 2.24) is 0 Å².